The van der Waals surface area contributed by atoms with Crippen molar-refractivity contribution in [2.75, 3.05) is 0 Å². The van der Waals surface area contributed by atoms with E-state index in [-0.39, 0.29) is 0 Å². The van der Waals surface area contributed by atoms with Gasteiger partial charge in [-0.1, -0.05) is 54.1 Å². The van der Waals surface area contributed by atoms with Gasteiger partial charge in [0.05, 0.1) is 0 Å². The highest BCUT2D eigenvalue weighted by molar-refractivity contribution is 6.30. The molecule has 0 aliphatic rings. The molecule has 1 N–H and O–H groups in total. The van der Waals surface area contributed by atoms with E-state index < -0.39 is 0 Å². The molecule has 0 amide bonds. The van der Waals surface area contributed by atoms with Crippen LogP contribution in [0, 0.1) is 0 Å². The standard InChI is InChI=1S/C16H18ClN/c1-13(10-14-6-3-2-4-7-14)18-12-15-8-5-9-16(17)11-15/h2-9,11,13,18H,10,12H2,1H3. The smallest absolute Gasteiger partial charge is 0.0409 e. The van der Waals surface area contributed by atoms with Crippen molar-refractivity contribution in [2.45, 2.75) is 25.9 Å². The minimum atomic E-state index is 0.450. The van der Waals surface area contributed by atoms with E-state index in [0.717, 1.165) is 18.0 Å². The topological polar surface area (TPSA) is 12.0 Å². The van der Waals surface area contributed by atoms with Gasteiger partial charge in [0.2, 0.25) is 0 Å². The molecule has 2 heteroatoms. The maximum absolute atomic E-state index is 5.96. The van der Waals surface area contributed by atoms with Gasteiger partial charge in [0, 0.05) is 17.6 Å². The molecule has 0 saturated heterocycles. The average molecular weight is 260 g/mol. The van der Waals surface area contributed by atoms with E-state index in [9.17, 15) is 0 Å². The van der Waals surface area contributed by atoms with E-state index in [1.54, 1.807) is 0 Å². The lowest BCUT2D eigenvalue weighted by Crippen LogP contribution is -2.27. The van der Waals surface area contributed by atoms with E-state index in [0.29, 0.717) is 6.04 Å². The van der Waals surface area contributed by atoms with Crippen molar-refractivity contribution < 1.29 is 0 Å². The maximum atomic E-state index is 5.96. The van der Waals surface area contributed by atoms with Crippen molar-refractivity contribution in [3.8, 4) is 0 Å². The Bertz CT molecular complexity index is 481. The van der Waals surface area contributed by atoms with Gasteiger partial charge in [-0.3, -0.25) is 0 Å². The second-order valence-electron chi connectivity index (χ2n) is 4.60. The van der Waals surface area contributed by atoms with E-state index in [1.165, 1.54) is 11.1 Å². The zero-order valence-corrected chi connectivity index (χ0v) is 11.3. The predicted octanol–water partition coefficient (Wildman–Crippen LogP) is 4.06. The molecule has 1 atom stereocenters. The summed E-state index contributed by atoms with van der Waals surface area (Å²) in [5.74, 6) is 0. The molecule has 0 aromatic heterocycles. The average Bonchev–Trinajstić information content (AvgIpc) is 2.38. The zero-order valence-electron chi connectivity index (χ0n) is 10.6. The Hall–Kier alpha value is -1.31. The molecule has 0 heterocycles. The lowest BCUT2D eigenvalue weighted by molar-refractivity contribution is 0.545. The zero-order chi connectivity index (χ0) is 12.8. The molecule has 1 nitrogen and oxygen atoms in total. The molecule has 0 fully saturated rings. The SMILES string of the molecule is CC(Cc1ccccc1)NCc1cccc(Cl)c1. The summed E-state index contributed by atoms with van der Waals surface area (Å²) >= 11 is 5.96. The van der Waals surface area contributed by atoms with Gasteiger partial charge >= 0.3 is 0 Å². The summed E-state index contributed by atoms with van der Waals surface area (Å²) in [5, 5.41) is 4.31. The third-order valence-electron chi connectivity index (χ3n) is 2.93. The molecule has 0 radical (unpaired) electrons. The first kappa shape index (κ1) is 13.1. The van der Waals surface area contributed by atoms with Crippen LogP contribution in [0.2, 0.25) is 5.02 Å². The van der Waals surface area contributed by atoms with Crippen LogP contribution < -0.4 is 5.32 Å². The Labute approximate surface area is 114 Å². The molecule has 2 rings (SSSR count). The summed E-state index contributed by atoms with van der Waals surface area (Å²) in [6, 6.07) is 19.0. The van der Waals surface area contributed by atoms with Gasteiger partial charge in [-0.05, 0) is 36.6 Å². The monoisotopic (exact) mass is 259 g/mol. The maximum Gasteiger partial charge on any atom is 0.0409 e. The molecule has 94 valence electrons. The molecular formula is C16H18ClN. The van der Waals surface area contributed by atoms with E-state index in [4.69, 9.17) is 11.6 Å². The second kappa shape index (κ2) is 6.58. The Morgan fingerprint density at radius 1 is 1.00 bits per heavy atom. The van der Waals surface area contributed by atoms with Gasteiger partial charge in [-0.2, -0.15) is 0 Å². The Balaban J connectivity index is 1.83. The van der Waals surface area contributed by atoms with Crippen LogP contribution in [-0.2, 0) is 13.0 Å². The number of hydrogen-bond acceptors (Lipinski definition) is 1. The van der Waals surface area contributed by atoms with Crippen molar-refractivity contribution in [3.63, 3.8) is 0 Å². The molecule has 2 aromatic carbocycles. The number of rotatable bonds is 5. The fraction of sp³-hybridized carbons (Fsp3) is 0.250. The van der Waals surface area contributed by atoms with Gasteiger partial charge in [-0.25, -0.2) is 0 Å². The first-order valence-electron chi connectivity index (χ1n) is 6.26. The quantitative estimate of drug-likeness (QED) is 0.854. The van der Waals surface area contributed by atoms with Crippen LogP contribution in [-0.4, -0.2) is 6.04 Å². The molecule has 0 spiro atoms. The molecule has 1 unspecified atom stereocenters. The highest BCUT2D eigenvalue weighted by Gasteiger charge is 2.03. The van der Waals surface area contributed by atoms with Gasteiger partial charge in [0.1, 0.15) is 0 Å². The summed E-state index contributed by atoms with van der Waals surface area (Å²) in [4.78, 5) is 0. The predicted molar refractivity (Wildman–Crippen MR) is 77.9 cm³/mol. The highest BCUT2D eigenvalue weighted by atomic mass is 35.5. The molecule has 0 aliphatic heterocycles. The van der Waals surface area contributed by atoms with E-state index >= 15 is 0 Å². The lowest BCUT2D eigenvalue weighted by atomic mass is 10.1. The number of hydrogen-bond donors (Lipinski definition) is 1. The fourth-order valence-corrected chi connectivity index (χ4v) is 2.19. The van der Waals surface area contributed by atoms with Crippen LogP contribution in [0.4, 0.5) is 0 Å². The summed E-state index contributed by atoms with van der Waals surface area (Å²) < 4.78 is 0. The van der Waals surface area contributed by atoms with Gasteiger partial charge < -0.3 is 5.32 Å². The van der Waals surface area contributed by atoms with Crippen LogP contribution in [0.25, 0.3) is 0 Å². The Kier molecular flexibility index (Phi) is 4.80. The minimum absolute atomic E-state index is 0.450. The summed E-state index contributed by atoms with van der Waals surface area (Å²) in [6.07, 6.45) is 1.04. The van der Waals surface area contributed by atoms with Gasteiger partial charge in [0.15, 0.2) is 0 Å². The Morgan fingerprint density at radius 3 is 2.44 bits per heavy atom. The molecule has 0 bridgehead atoms. The number of benzene rings is 2. The van der Waals surface area contributed by atoms with Crippen molar-refractivity contribution in [3.05, 3.63) is 70.7 Å². The largest absolute Gasteiger partial charge is 0.310 e. The van der Waals surface area contributed by atoms with Crippen molar-refractivity contribution >= 4 is 11.6 Å². The van der Waals surface area contributed by atoms with E-state index in [2.05, 4.69) is 42.6 Å². The van der Waals surface area contributed by atoms with Gasteiger partial charge in [0.25, 0.3) is 0 Å². The molecule has 2 aromatic rings. The van der Waals surface area contributed by atoms with Crippen LogP contribution in [0.5, 0.6) is 0 Å². The summed E-state index contributed by atoms with van der Waals surface area (Å²) in [6.45, 7) is 3.06. The molecule has 0 aliphatic carbocycles. The first-order chi connectivity index (χ1) is 8.74. The van der Waals surface area contributed by atoms with Crippen LogP contribution in [0.3, 0.4) is 0 Å². The summed E-state index contributed by atoms with van der Waals surface area (Å²) in [5.41, 5.74) is 2.59. The van der Waals surface area contributed by atoms with E-state index in [1.807, 2.05) is 24.3 Å². The normalized spacial score (nSPS) is 12.3. The fourth-order valence-electron chi connectivity index (χ4n) is 1.98. The third-order valence-corrected chi connectivity index (χ3v) is 3.16. The number of nitrogens with one attached hydrogen (secondary N) is 1. The van der Waals surface area contributed by atoms with Crippen LogP contribution in [0.15, 0.2) is 54.6 Å². The highest BCUT2D eigenvalue weighted by Crippen LogP contribution is 2.11. The second-order valence-corrected chi connectivity index (χ2v) is 5.04. The lowest BCUT2D eigenvalue weighted by Gasteiger charge is -2.14. The molecule has 18 heavy (non-hydrogen) atoms. The molecule has 0 saturated carbocycles. The van der Waals surface area contributed by atoms with Crippen molar-refractivity contribution in [1.29, 1.82) is 0 Å². The van der Waals surface area contributed by atoms with Gasteiger partial charge in [-0.15, -0.1) is 0 Å². The van der Waals surface area contributed by atoms with Crippen LogP contribution in [0.1, 0.15) is 18.1 Å². The third kappa shape index (κ3) is 4.17. The number of halogens is 1. The first-order valence-corrected chi connectivity index (χ1v) is 6.63. The minimum Gasteiger partial charge on any atom is -0.310 e. The van der Waals surface area contributed by atoms with Crippen LogP contribution >= 0.6 is 11.6 Å². The Morgan fingerprint density at radius 2 is 1.72 bits per heavy atom. The van der Waals surface area contributed by atoms with Crippen molar-refractivity contribution in [2.24, 2.45) is 0 Å². The summed E-state index contributed by atoms with van der Waals surface area (Å²) in [7, 11) is 0. The molecular weight excluding hydrogens is 242 g/mol. The van der Waals surface area contributed by atoms with Crippen molar-refractivity contribution in [1.82, 2.24) is 5.32 Å².